The van der Waals surface area contributed by atoms with Crippen molar-refractivity contribution in [3.8, 4) is 0 Å². The second-order valence-electron chi connectivity index (χ2n) is 6.22. The number of nitrogens with one attached hydrogen (secondary N) is 2. The van der Waals surface area contributed by atoms with Crippen molar-refractivity contribution in [2.75, 3.05) is 17.2 Å². The molecule has 0 radical (unpaired) electrons. The van der Waals surface area contributed by atoms with Gasteiger partial charge in [0.2, 0.25) is 5.95 Å². The normalized spacial score (nSPS) is 10.4. The molecule has 0 saturated heterocycles. The van der Waals surface area contributed by atoms with E-state index in [1.54, 1.807) is 18.2 Å². The Kier molecular flexibility index (Phi) is 6.39. The minimum atomic E-state index is -0.254. The monoisotopic (exact) mass is 380 g/mol. The number of amides is 1. The molecule has 1 heterocycles. The number of carbonyl (C=O) groups is 1. The summed E-state index contributed by atoms with van der Waals surface area (Å²) in [7, 11) is 0. The number of carbonyl (C=O) groups excluding carboxylic acids is 1. The Hall–Kier alpha value is -2.92. The molecule has 1 aromatic heterocycles. The molecule has 138 valence electrons. The highest BCUT2D eigenvalue weighted by Crippen LogP contribution is 2.20. The summed E-state index contributed by atoms with van der Waals surface area (Å²) >= 11 is 5.94. The van der Waals surface area contributed by atoms with Crippen LogP contribution >= 0.6 is 11.6 Å². The average molecular weight is 381 g/mol. The smallest absolute Gasteiger partial charge is 0.258 e. The number of halogens is 1. The molecular weight excluding hydrogens is 360 g/mol. The molecule has 0 atom stereocenters. The van der Waals surface area contributed by atoms with Gasteiger partial charge in [0.05, 0.1) is 5.56 Å². The molecule has 0 aliphatic carbocycles. The summed E-state index contributed by atoms with van der Waals surface area (Å²) in [5, 5.41) is 6.66. The Morgan fingerprint density at radius 3 is 2.52 bits per heavy atom. The van der Waals surface area contributed by atoms with Crippen LogP contribution in [-0.2, 0) is 6.42 Å². The van der Waals surface area contributed by atoms with Gasteiger partial charge in [-0.2, -0.15) is 0 Å². The first-order valence-corrected chi connectivity index (χ1v) is 9.17. The number of nitrogens with zero attached hydrogens (tertiary/aromatic N) is 2. The van der Waals surface area contributed by atoms with Gasteiger partial charge < -0.3 is 10.6 Å². The SMILES string of the molecule is Cc1cc(Cl)ccc1NC(=O)c1cnc(NCCCc2ccccc2)nc1. The van der Waals surface area contributed by atoms with E-state index in [4.69, 9.17) is 11.6 Å². The van der Waals surface area contributed by atoms with Gasteiger partial charge >= 0.3 is 0 Å². The van der Waals surface area contributed by atoms with Gasteiger partial charge in [0.15, 0.2) is 0 Å². The van der Waals surface area contributed by atoms with Crippen molar-refractivity contribution in [3.63, 3.8) is 0 Å². The van der Waals surface area contributed by atoms with E-state index >= 15 is 0 Å². The maximum absolute atomic E-state index is 12.3. The molecule has 0 aliphatic rings. The number of rotatable bonds is 7. The van der Waals surface area contributed by atoms with E-state index in [9.17, 15) is 4.79 Å². The molecule has 3 aromatic rings. The van der Waals surface area contributed by atoms with Crippen molar-refractivity contribution < 1.29 is 4.79 Å². The second-order valence-corrected chi connectivity index (χ2v) is 6.66. The average Bonchev–Trinajstić information content (AvgIpc) is 2.69. The summed E-state index contributed by atoms with van der Waals surface area (Å²) in [6.07, 6.45) is 5.01. The molecule has 0 spiro atoms. The van der Waals surface area contributed by atoms with Crippen molar-refractivity contribution >= 4 is 29.1 Å². The summed E-state index contributed by atoms with van der Waals surface area (Å²) in [5.41, 5.74) is 3.32. The van der Waals surface area contributed by atoms with Crippen LogP contribution in [-0.4, -0.2) is 22.4 Å². The predicted molar refractivity (Wildman–Crippen MR) is 109 cm³/mol. The van der Waals surface area contributed by atoms with Gasteiger partial charge in [0.1, 0.15) is 0 Å². The van der Waals surface area contributed by atoms with Crippen LogP contribution in [0, 0.1) is 6.92 Å². The van der Waals surface area contributed by atoms with Gasteiger partial charge in [0.25, 0.3) is 5.91 Å². The third-order valence-corrected chi connectivity index (χ3v) is 4.35. The van der Waals surface area contributed by atoms with Crippen LogP contribution in [0.5, 0.6) is 0 Å². The Labute approximate surface area is 163 Å². The molecule has 2 N–H and O–H groups in total. The standard InChI is InChI=1S/C21H21ClN4O/c1-15-12-18(22)9-10-19(15)26-20(27)17-13-24-21(25-14-17)23-11-5-8-16-6-3-2-4-7-16/h2-4,6-7,9-10,12-14H,5,8,11H2,1H3,(H,26,27)(H,23,24,25). The number of benzene rings is 2. The summed E-state index contributed by atoms with van der Waals surface area (Å²) in [4.78, 5) is 20.8. The van der Waals surface area contributed by atoms with E-state index in [2.05, 4.69) is 32.7 Å². The van der Waals surface area contributed by atoms with E-state index < -0.39 is 0 Å². The Morgan fingerprint density at radius 2 is 1.81 bits per heavy atom. The predicted octanol–water partition coefficient (Wildman–Crippen LogP) is 4.74. The highest BCUT2D eigenvalue weighted by molar-refractivity contribution is 6.30. The number of hydrogen-bond donors (Lipinski definition) is 2. The van der Waals surface area contributed by atoms with Crippen LogP contribution in [0.1, 0.15) is 27.9 Å². The molecule has 0 aliphatic heterocycles. The first-order valence-electron chi connectivity index (χ1n) is 8.79. The Balaban J connectivity index is 1.49. The fourth-order valence-corrected chi connectivity index (χ4v) is 2.86. The summed E-state index contributed by atoms with van der Waals surface area (Å²) < 4.78 is 0. The van der Waals surface area contributed by atoms with Gasteiger partial charge in [-0.15, -0.1) is 0 Å². The van der Waals surface area contributed by atoms with Crippen LogP contribution in [0.2, 0.25) is 5.02 Å². The zero-order valence-electron chi connectivity index (χ0n) is 15.1. The van der Waals surface area contributed by atoms with Gasteiger partial charge in [0, 0.05) is 29.6 Å². The second kappa shape index (κ2) is 9.14. The van der Waals surface area contributed by atoms with E-state index in [1.165, 1.54) is 18.0 Å². The van der Waals surface area contributed by atoms with Gasteiger partial charge in [-0.05, 0) is 49.1 Å². The molecule has 3 rings (SSSR count). The van der Waals surface area contributed by atoms with E-state index in [0.29, 0.717) is 22.2 Å². The van der Waals surface area contributed by atoms with E-state index in [-0.39, 0.29) is 5.91 Å². The quantitative estimate of drug-likeness (QED) is 0.581. The Bertz CT molecular complexity index is 898. The van der Waals surface area contributed by atoms with Crippen LogP contribution < -0.4 is 10.6 Å². The molecule has 0 saturated carbocycles. The number of anilines is 2. The van der Waals surface area contributed by atoms with Crippen molar-refractivity contribution in [3.05, 3.63) is 82.6 Å². The summed E-state index contributed by atoms with van der Waals surface area (Å²) in [6, 6.07) is 15.7. The third kappa shape index (κ3) is 5.53. The van der Waals surface area contributed by atoms with Crippen LogP contribution in [0.4, 0.5) is 11.6 Å². The van der Waals surface area contributed by atoms with Gasteiger partial charge in [-0.3, -0.25) is 4.79 Å². The van der Waals surface area contributed by atoms with Crippen LogP contribution in [0.15, 0.2) is 60.9 Å². The van der Waals surface area contributed by atoms with Crippen molar-refractivity contribution in [2.45, 2.75) is 19.8 Å². The van der Waals surface area contributed by atoms with E-state index in [0.717, 1.165) is 24.9 Å². The molecule has 27 heavy (non-hydrogen) atoms. The molecule has 0 fully saturated rings. The Morgan fingerprint density at radius 1 is 1.07 bits per heavy atom. The highest BCUT2D eigenvalue weighted by atomic mass is 35.5. The van der Waals surface area contributed by atoms with Crippen LogP contribution in [0.25, 0.3) is 0 Å². The maximum Gasteiger partial charge on any atom is 0.258 e. The maximum atomic E-state index is 12.3. The molecule has 0 unspecified atom stereocenters. The summed E-state index contributed by atoms with van der Waals surface area (Å²) in [5.74, 6) is 0.262. The van der Waals surface area contributed by atoms with Gasteiger partial charge in [-0.1, -0.05) is 41.9 Å². The molecule has 5 nitrogen and oxygen atoms in total. The molecule has 2 aromatic carbocycles. The summed E-state index contributed by atoms with van der Waals surface area (Å²) in [6.45, 7) is 2.66. The molecule has 6 heteroatoms. The number of aryl methyl sites for hydroxylation is 2. The first-order chi connectivity index (χ1) is 13.1. The lowest BCUT2D eigenvalue weighted by atomic mass is 10.1. The van der Waals surface area contributed by atoms with Crippen molar-refractivity contribution in [2.24, 2.45) is 0 Å². The fourth-order valence-electron chi connectivity index (χ4n) is 2.64. The zero-order chi connectivity index (χ0) is 19.1. The molecule has 1 amide bonds. The largest absolute Gasteiger partial charge is 0.354 e. The van der Waals surface area contributed by atoms with Gasteiger partial charge in [-0.25, -0.2) is 9.97 Å². The molecule has 0 bridgehead atoms. The number of aromatic nitrogens is 2. The van der Waals surface area contributed by atoms with Crippen LogP contribution in [0.3, 0.4) is 0 Å². The topological polar surface area (TPSA) is 66.9 Å². The number of hydrogen-bond acceptors (Lipinski definition) is 4. The zero-order valence-corrected chi connectivity index (χ0v) is 15.8. The van der Waals surface area contributed by atoms with E-state index in [1.807, 2.05) is 25.1 Å². The fraction of sp³-hybridized carbons (Fsp3) is 0.190. The third-order valence-electron chi connectivity index (χ3n) is 4.12. The minimum Gasteiger partial charge on any atom is -0.354 e. The lowest BCUT2D eigenvalue weighted by Gasteiger charge is -2.09. The van der Waals surface area contributed by atoms with Crippen molar-refractivity contribution in [1.29, 1.82) is 0 Å². The highest BCUT2D eigenvalue weighted by Gasteiger charge is 2.09. The van der Waals surface area contributed by atoms with Crippen molar-refractivity contribution in [1.82, 2.24) is 9.97 Å². The first kappa shape index (κ1) is 18.9. The minimum absolute atomic E-state index is 0.254. The lowest BCUT2D eigenvalue weighted by Crippen LogP contribution is -2.14. The molecular formula is C21H21ClN4O. The lowest BCUT2D eigenvalue weighted by molar-refractivity contribution is 0.102.